The lowest BCUT2D eigenvalue weighted by molar-refractivity contribution is 0.0819. The van der Waals surface area contributed by atoms with E-state index in [-0.39, 0.29) is 13.2 Å². The van der Waals surface area contributed by atoms with E-state index in [0.29, 0.717) is 17.0 Å². The van der Waals surface area contributed by atoms with Crippen molar-refractivity contribution >= 4 is 23.3 Å². The van der Waals surface area contributed by atoms with Gasteiger partial charge in [-0.25, -0.2) is 14.8 Å². The lowest BCUT2D eigenvalue weighted by atomic mass is 10.4. The molecule has 3 N–H and O–H groups in total. The molecule has 0 amide bonds. The summed E-state index contributed by atoms with van der Waals surface area (Å²) >= 11 is 0. The third-order valence-electron chi connectivity index (χ3n) is 2.50. The smallest absolute Gasteiger partial charge is 0.348 e. The first-order valence-corrected chi connectivity index (χ1v) is 5.96. The Morgan fingerprint density at radius 3 is 3.00 bits per heavy atom. The van der Waals surface area contributed by atoms with E-state index in [9.17, 15) is 9.90 Å². The highest BCUT2D eigenvalue weighted by molar-refractivity contribution is 5.82. The van der Waals surface area contributed by atoms with Gasteiger partial charge >= 0.3 is 5.69 Å². The first-order valence-electron chi connectivity index (χ1n) is 5.96. The van der Waals surface area contributed by atoms with Crippen molar-refractivity contribution in [2.45, 2.75) is 12.6 Å². The summed E-state index contributed by atoms with van der Waals surface area (Å²) in [5, 5.41) is 18.3. The van der Waals surface area contributed by atoms with Crippen LogP contribution in [0, 0.1) is 0 Å². The van der Waals surface area contributed by atoms with Gasteiger partial charge < -0.3 is 19.7 Å². The van der Waals surface area contributed by atoms with Gasteiger partial charge in [0.15, 0.2) is 17.0 Å². The monoisotopic (exact) mass is 280 g/mol. The van der Waals surface area contributed by atoms with Crippen molar-refractivity contribution in [1.82, 2.24) is 24.4 Å². The molecule has 1 atom stereocenters. The fraction of sp³-hybridized carbons (Fsp3) is 0.455. The molecule has 0 unspecified atom stereocenters. The van der Waals surface area contributed by atoms with E-state index in [1.807, 2.05) is 0 Å². The van der Waals surface area contributed by atoms with Crippen molar-refractivity contribution in [3.05, 3.63) is 16.8 Å². The Morgan fingerprint density at radius 2 is 2.35 bits per heavy atom. The van der Waals surface area contributed by atoms with Crippen molar-refractivity contribution in [3.63, 3.8) is 0 Å². The SMILES string of the molecule is CN(C)C=Nc1[nH]c(=O)nc2c1ncn2C[C@H](O)CO. The summed E-state index contributed by atoms with van der Waals surface area (Å²) in [6.07, 6.45) is 2.03. The minimum atomic E-state index is -0.942. The van der Waals surface area contributed by atoms with Gasteiger partial charge in [0.25, 0.3) is 0 Å². The van der Waals surface area contributed by atoms with Gasteiger partial charge in [-0.2, -0.15) is 4.98 Å². The highest BCUT2D eigenvalue weighted by atomic mass is 16.3. The van der Waals surface area contributed by atoms with Gasteiger partial charge in [-0.3, -0.25) is 4.98 Å². The normalized spacial score (nSPS) is 13.2. The number of H-pyrrole nitrogens is 1. The van der Waals surface area contributed by atoms with Crippen LogP contribution in [0.1, 0.15) is 0 Å². The number of aliphatic hydroxyl groups is 2. The van der Waals surface area contributed by atoms with E-state index in [4.69, 9.17) is 5.11 Å². The van der Waals surface area contributed by atoms with Crippen LogP contribution in [0.5, 0.6) is 0 Å². The number of rotatable bonds is 5. The second-order valence-electron chi connectivity index (χ2n) is 4.50. The lowest BCUT2D eigenvalue weighted by Gasteiger charge is -2.08. The van der Waals surface area contributed by atoms with Gasteiger partial charge in [0, 0.05) is 14.1 Å². The molecule has 0 aliphatic carbocycles. The van der Waals surface area contributed by atoms with E-state index < -0.39 is 11.8 Å². The molecule has 0 fully saturated rings. The number of aliphatic hydroxyl groups excluding tert-OH is 2. The zero-order chi connectivity index (χ0) is 14.7. The molecule has 2 aromatic heterocycles. The molecule has 2 aromatic rings. The van der Waals surface area contributed by atoms with Gasteiger partial charge in [-0.05, 0) is 0 Å². The first kappa shape index (κ1) is 14.2. The van der Waals surface area contributed by atoms with E-state index in [1.54, 1.807) is 19.0 Å². The lowest BCUT2D eigenvalue weighted by Crippen LogP contribution is -2.20. The Bertz CT molecular complexity index is 674. The molecule has 20 heavy (non-hydrogen) atoms. The molecule has 0 aromatic carbocycles. The van der Waals surface area contributed by atoms with Crippen LogP contribution in [-0.2, 0) is 6.54 Å². The molecule has 0 radical (unpaired) electrons. The average Bonchev–Trinajstić information content (AvgIpc) is 2.79. The quantitative estimate of drug-likeness (QED) is 0.462. The van der Waals surface area contributed by atoms with E-state index in [2.05, 4.69) is 19.9 Å². The summed E-state index contributed by atoms with van der Waals surface area (Å²) in [7, 11) is 3.60. The summed E-state index contributed by atoms with van der Waals surface area (Å²) in [6, 6.07) is 0. The molecule has 2 rings (SSSR count). The van der Waals surface area contributed by atoms with Crippen LogP contribution in [0.2, 0.25) is 0 Å². The van der Waals surface area contributed by atoms with E-state index in [0.717, 1.165) is 0 Å². The number of hydrogen-bond donors (Lipinski definition) is 3. The molecular weight excluding hydrogens is 264 g/mol. The number of nitrogens with one attached hydrogen (secondary N) is 1. The zero-order valence-corrected chi connectivity index (χ0v) is 11.2. The molecule has 0 saturated heterocycles. The Balaban J connectivity index is 2.48. The number of aromatic amines is 1. The molecular formula is C11H16N6O3. The predicted octanol–water partition coefficient (Wildman–Crippen LogP) is -1.31. The number of imidazole rings is 1. The molecule has 9 heteroatoms. The van der Waals surface area contributed by atoms with Gasteiger partial charge in [-0.15, -0.1) is 0 Å². The number of fused-ring (bicyclic) bond motifs is 1. The summed E-state index contributed by atoms with van der Waals surface area (Å²) in [5.41, 5.74) is 0.184. The molecule has 9 nitrogen and oxygen atoms in total. The van der Waals surface area contributed by atoms with Crippen LogP contribution in [-0.4, -0.2) is 67.8 Å². The van der Waals surface area contributed by atoms with Crippen LogP contribution >= 0.6 is 0 Å². The van der Waals surface area contributed by atoms with Crippen molar-refractivity contribution < 1.29 is 10.2 Å². The van der Waals surface area contributed by atoms with Crippen molar-refractivity contribution in [1.29, 1.82) is 0 Å². The van der Waals surface area contributed by atoms with Crippen LogP contribution in [0.3, 0.4) is 0 Å². The summed E-state index contributed by atoms with van der Waals surface area (Å²) in [6.45, 7) is -0.283. The third kappa shape index (κ3) is 3.00. The van der Waals surface area contributed by atoms with Gasteiger partial charge in [-0.1, -0.05) is 0 Å². The Kier molecular flexibility index (Phi) is 4.11. The van der Waals surface area contributed by atoms with Crippen molar-refractivity contribution in [2.24, 2.45) is 4.99 Å². The maximum atomic E-state index is 11.5. The van der Waals surface area contributed by atoms with Crippen LogP contribution in [0.4, 0.5) is 5.82 Å². The minimum Gasteiger partial charge on any atom is -0.394 e. The van der Waals surface area contributed by atoms with Crippen molar-refractivity contribution in [2.75, 3.05) is 20.7 Å². The maximum absolute atomic E-state index is 11.5. The minimum absolute atomic E-state index is 0.0975. The van der Waals surface area contributed by atoms with Gasteiger partial charge in [0.05, 0.1) is 31.9 Å². The molecule has 0 aliphatic rings. The average molecular weight is 280 g/mol. The number of aliphatic imine (C=N–C) groups is 1. The first-order chi connectivity index (χ1) is 9.51. The third-order valence-corrected chi connectivity index (χ3v) is 2.50. The summed E-state index contributed by atoms with van der Waals surface area (Å²) in [5.74, 6) is 0.297. The van der Waals surface area contributed by atoms with Crippen LogP contribution in [0.15, 0.2) is 16.1 Å². The molecule has 0 spiro atoms. The largest absolute Gasteiger partial charge is 0.394 e. The van der Waals surface area contributed by atoms with E-state index >= 15 is 0 Å². The Labute approximate surface area is 114 Å². The van der Waals surface area contributed by atoms with Gasteiger partial charge in [0.2, 0.25) is 0 Å². The summed E-state index contributed by atoms with van der Waals surface area (Å²) < 4.78 is 1.50. The fourth-order valence-electron chi connectivity index (χ4n) is 1.63. The molecule has 2 heterocycles. The molecule has 0 aliphatic heterocycles. The van der Waals surface area contributed by atoms with Crippen molar-refractivity contribution in [3.8, 4) is 0 Å². The molecule has 0 bridgehead atoms. The Morgan fingerprint density at radius 1 is 1.60 bits per heavy atom. The van der Waals surface area contributed by atoms with Gasteiger partial charge in [0.1, 0.15) is 0 Å². The summed E-state index contributed by atoms with van der Waals surface area (Å²) in [4.78, 5) is 27.8. The zero-order valence-electron chi connectivity index (χ0n) is 11.2. The number of nitrogens with zero attached hydrogens (tertiary/aromatic N) is 5. The number of hydrogen-bond acceptors (Lipinski definition) is 6. The van der Waals surface area contributed by atoms with E-state index in [1.165, 1.54) is 17.2 Å². The second kappa shape index (κ2) is 5.80. The predicted molar refractivity (Wildman–Crippen MR) is 73.1 cm³/mol. The van der Waals surface area contributed by atoms with Crippen LogP contribution < -0.4 is 5.69 Å². The fourth-order valence-corrected chi connectivity index (χ4v) is 1.63. The highest BCUT2D eigenvalue weighted by Crippen LogP contribution is 2.18. The maximum Gasteiger partial charge on any atom is 0.348 e. The highest BCUT2D eigenvalue weighted by Gasteiger charge is 2.12. The second-order valence-corrected chi connectivity index (χ2v) is 4.50. The number of aromatic nitrogens is 4. The molecule has 0 saturated carbocycles. The molecule has 108 valence electrons. The topological polar surface area (TPSA) is 120 Å². The standard InChI is InChI=1S/C11H16N6O3/c1-16(2)5-13-9-8-10(15-11(20)14-9)17(6-12-8)3-7(19)4-18/h5-7,18-19H,3-4H2,1-2H3,(H,14,15,20)/t7-/m0/s1. The van der Waals surface area contributed by atoms with Crippen LogP contribution in [0.25, 0.3) is 11.2 Å². The Hall–Kier alpha value is -2.26.